The van der Waals surface area contributed by atoms with E-state index in [0.717, 1.165) is 22.0 Å². The van der Waals surface area contributed by atoms with Gasteiger partial charge in [-0.1, -0.05) is 51.8 Å². The number of rotatable bonds is 4. The predicted octanol–water partition coefficient (Wildman–Crippen LogP) is 4.35. The molecule has 0 aliphatic carbocycles. The molecule has 0 spiro atoms. The molecule has 2 aromatic carbocycles. The Bertz CT molecular complexity index is 574. The van der Waals surface area contributed by atoms with Gasteiger partial charge in [0.05, 0.1) is 5.02 Å². The van der Waals surface area contributed by atoms with Gasteiger partial charge in [-0.2, -0.15) is 0 Å². The number of benzene rings is 2. The Kier molecular flexibility index (Phi) is 4.97. The Hall–Kier alpha value is -0.900. The number of hydrogen-bond donors (Lipinski definition) is 1. The Morgan fingerprint density at radius 1 is 1.16 bits per heavy atom. The monoisotopic (exact) mass is 341 g/mol. The first kappa shape index (κ1) is 14.5. The molecule has 100 valence electrons. The first-order chi connectivity index (χ1) is 9.06. The van der Waals surface area contributed by atoms with Crippen LogP contribution < -0.4 is 5.73 Å². The van der Waals surface area contributed by atoms with Crippen LogP contribution in [0.2, 0.25) is 5.02 Å². The minimum atomic E-state index is -0.396. The molecule has 0 saturated heterocycles. The Balaban J connectivity index is 2.03. The average molecular weight is 343 g/mol. The van der Waals surface area contributed by atoms with Crippen molar-refractivity contribution in [1.82, 2.24) is 0 Å². The lowest BCUT2D eigenvalue weighted by atomic mass is 10.00. The van der Waals surface area contributed by atoms with Crippen LogP contribution in [0.25, 0.3) is 0 Å². The van der Waals surface area contributed by atoms with Crippen LogP contribution in [0.4, 0.5) is 4.39 Å². The highest BCUT2D eigenvalue weighted by Crippen LogP contribution is 2.20. The van der Waals surface area contributed by atoms with Crippen LogP contribution in [0.1, 0.15) is 11.1 Å². The van der Waals surface area contributed by atoms with Gasteiger partial charge < -0.3 is 5.73 Å². The highest BCUT2D eigenvalue weighted by atomic mass is 79.9. The third-order valence-electron chi connectivity index (χ3n) is 2.92. The molecular formula is C15H14BrClFN. The SMILES string of the molecule is NC(Cc1ccc(Cl)c(F)c1)Cc1ccccc1Br. The van der Waals surface area contributed by atoms with E-state index in [2.05, 4.69) is 15.9 Å². The maximum Gasteiger partial charge on any atom is 0.142 e. The molecule has 1 nitrogen and oxygen atoms in total. The molecule has 0 amide bonds. The van der Waals surface area contributed by atoms with Gasteiger partial charge in [0.15, 0.2) is 0 Å². The van der Waals surface area contributed by atoms with Crippen molar-refractivity contribution in [2.24, 2.45) is 5.73 Å². The van der Waals surface area contributed by atoms with Gasteiger partial charge in [0.25, 0.3) is 0 Å². The molecule has 0 aromatic heterocycles. The Labute approximate surface area is 125 Å². The van der Waals surface area contributed by atoms with Gasteiger partial charge >= 0.3 is 0 Å². The summed E-state index contributed by atoms with van der Waals surface area (Å²) in [4.78, 5) is 0. The molecule has 0 aliphatic rings. The molecule has 2 rings (SSSR count). The molecule has 0 fully saturated rings. The van der Waals surface area contributed by atoms with E-state index < -0.39 is 5.82 Å². The van der Waals surface area contributed by atoms with Crippen LogP contribution in [0.5, 0.6) is 0 Å². The molecule has 2 N–H and O–H groups in total. The molecule has 19 heavy (non-hydrogen) atoms. The van der Waals surface area contributed by atoms with E-state index in [9.17, 15) is 4.39 Å². The first-order valence-electron chi connectivity index (χ1n) is 5.99. The van der Waals surface area contributed by atoms with E-state index in [4.69, 9.17) is 17.3 Å². The van der Waals surface area contributed by atoms with E-state index in [0.29, 0.717) is 6.42 Å². The van der Waals surface area contributed by atoms with Gasteiger partial charge in [0.2, 0.25) is 0 Å². The van der Waals surface area contributed by atoms with Crippen molar-refractivity contribution in [2.45, 2.75) is 18.9 Å². The van der Waals surface area contributed by atoms with Crippen molar-refractivity contribution in [3.05, 3.63) is 68.9 Å². The fourth-order valence-corrected chi connectivity index (χ4v) is 2.55. The zero-order valence-corrected chi connectivity index (χ0v) is 12.6. The lowest BCUT2D eigenvalue weighted by Gasteiger charge is -2.13. The van der Waals surface area contributed by atoms with Gasteiger partial charge in [-0.15, -0.1) is 0 Å². The highest BCUT2D eigenvalue weighted by molar-refractivity contribution is 9.10. The summed E-state index contributed by atoms with van der Waals surface area (Å²) in [5.41, 5.74) is 8.14. The normalized spacial score (nSPS) is 12.4. The van der Waals surface area contributed by atoms with E-state index >= 15 is 0 Å². The number of nitrogens with two attached hydrogens (primary N) is 1. The molecule has 2 aromatic rings. The topological polar surface area (TPSA) is 26.0 Å². The average Bonchev–Trinajstić information content (AvgIpc) is 2.37. The van der Waals surface area contributed by atoms with E-state index in [1.165, 1.54) is 6.07 Å². The van der Waals surface area contributed by atoms with Gasteiger partial charge in [-0.05, 0) is 42.2 Å². The van der Waals surface area contributed by atoms with Crippen molar-refractivity contribution < 1.29 is 4.39 Å². The summed E-state index contributed by atoms with van der Waals surface area (Å²) in [5, 5.41) is 0.142. The summed E-state index contributed by atoms with van der Waals surface area (Å²) >= 11 is 9.15. The standard InChI is InChI=1S/C15H14BrClFN/c16-13-4-2-1-3-11(13)9-12(19)7-10-5-6-14(17)15(18)8-10/h1-6,8,12H,7,9,19H2. The van der Waals surface area contributed by atoms with Crippen LogP contribution in [0.3, 0.4) is 0 Å². The van der Waals surface area contributed by atoms with Crippen LogP contribution in [-0.2, 0) is 12.8 Å². The zero-order valence-electron chi connectivity index (χ0n) is 10.2. The summed E-state index contributed by atoms with van der Waals surface area (Å²) < 4.78 is 14.4. The molecule has 0 aliphatic heterocycles. The summed E-state index contributed by atoms with van der Waals surface area (Å²) in [5.74, 6) is -0.396. The predicted molar refractivity (Wildman–Crippen MR) is 80.9 cm³/mol. The van der Waals surface area contributed by atoms with Crippen molar-refractivity contribution in [3.63, 3.8) is 0 Å². The van der Waals surface area contributed by atoms with Gasteiger partial charge in [-0.25, -0.2) is 4.39 Å². The van der Waals surface area contributed by atoms with Crippen molar-refractivity contribution in [3.8, 4) is 0 Å². The fourth-order valence-electron chi connectivity index (χ4n) is 1.99. The van der Waals surface area contributed by atoms with Gasteiger partial charge in [-0.3, -0.25) is 0 Å². The van der Waals surface area contributed by atoms with E-state index in [1.54, 1.807) is 6.07 Å². The lowest BCUT2D eigenvalue weighted by Crippen LogP contribution is -2.25. The second kappa shape index (κ2) is 6.51. The Morgan fingerprint density at radius 3 is 2.58 bits per heavy atom. The molecule has 1 unspecified atom stereocenters. The third-order valence-corrected chi connectivity index (χ3v) is 4.00. The summed E-state index contributed by atoms with van der Waals surface area (Å²) in [6.07, 6.45) is 1.36. The molecule has 4 heteroatoms. The maximum absolute atomic E-state index is 13.3. The Morgan fingerprint density at radius 2 is 1.89 bits per heavy atom. The van der Waals surface area contributed by atoms with E-state index in [1.807, 2.05) is 30.3 Å². The summed E-state index contributed by atoms with van der Waals surface area (Å²) in [6, 6.07) is 12.7. The third kappa shape index (κ3) is 4.03. The van der Waals surface area contributed by atoms with E-state index in [-0.39, 0.29) is 11.1 Å². The van der Waals surface area contributed by atoms with Crippen molar-refractivity contribution in [1.29, 1.82) is 0 Å². The smallest absolute Gasteiger partial charge is 0.142 e. The van der Waals surface area contributed by atoms with Crippen molar-refractivity contribution >= 4 is 27.5 Å². The van der Waals surface area contributed by atoms with Crippen LogP contribution in [0.15, 0.2) is 46.9 Å². The second-order valence-corrected chi connectivity index (χ2v) is 5.77. The first-order valence-corrected chi connectivity index (χ1v) is 7.16. The second-order valence-electron chi connectivity index (χ2n) is 4.51. The molecular weight excluding hydrogens is 329 g/mol. The lowest BCUT2D eigenvalue weighted by molar-refractivity contribution is 0.618. The van der Waals surface area contributed by atoms with Gasteiger partial charge in [0.1, 0.15) is 5.82 Å². The molecule has 0 saturated carbocycles. The summed E-state index contributed by atoms with van der Waals surface area (Å²) in [6.45, 7) is 0. The quantitative estimate of drug-likeness (QED) is 0.878. The van der Waals surface area contributed by atoms with Crippen LogP contribution in [-0.4, -0.2) is 6.04 Å². The molecule has 0 radical (unpaired) electrons. The van der Waals surface area contributed by atoms with Crippen LogP contribution >= 0.6 is 27.5 Å². The largest absolute Gasteiger partial charge is 0.327 e. The van der Waals surface area contributed by atoms with Crippen molar-refractivity contribution in [2.75, 3.05) is 0 Å². The molecule has 0 bridgehead atoms. The van der Waals surface area contributed by atoms with Crippen LogP contribution in [0, 0.1) is 5.82 Å². The molecule has 1 atom stereocenters. The van der Waals surface area contributed by atoms with Gasteiger partial charge in [0, 0.05) is 10.5 Å². The fraction of sp³-hybridized carbons (Fsp3) is 0.200. The highest BCUT2D eigenvalue weighted by Gasteiger charge is 2.09. The number of hydrogen-bond acceptors (Lipinski definition) is 1. The zero-order chi connectivity index (χ0) is 13.8. The minimum absolute atomic E-state index is 0.0562. The minimum Gasteiger partial charge on any atom is -0.327 e. The maximum atomic E-state index is 13.3. The number of halogens is 3. The molecule has 0 heterocycles. The summed E-state index contributed by atoms with van der Waals surface area (Å²) in [7, 11) is 0.